The zero-order valence-corrected chi connectivity index (χ0v) is 11.4. The van der Waals surface area contributed by atoms with Gasteiger partial charge in [-0.2, -0.15) is 0 Å². The summed E-state index contributed by atoms with van der Waals surface area (Å²) in [7, 11) is 0. The minimum absolute atomic E-state index is 0.377. The molecule has 0 radical (unpaired) electrons. The first-order valence-corrected chi connectivity index (χ1v) is 6.40. The second kappa shape index (κ2) is 4.47. The van der Waals surface area contributed by atoms with Crippen LogP contribution in [-0.2, 0) is 6.54 Å². The van der Waals surface area contributed by atoms with E-state index in [9.17, 15) is 0 Å². The van der Waals surface area contributed by atoms with E-state index in [1.54, 1.807) is 0 Å². The summed E-state index contributed by atoms with van der Waals surface area (Å²) in [5, 5.41) is 1.20. The van der Waals surface area contributed by atoms with Gasteiger partial charge < -0.3 is 4.57 Å². The molecule has 2 rings (SSSR count). The summed E-state index contributed by atoms with van der Waals surface area (Å²) in [4.78, 5) is 9.17. The summed E-state index contributed by atoms with van der Waals surface area (Å²) >= 11 is 0. The fourth-order valence-corrected chi connectivity index (χ4v) is 2.09. The van der Waals surface area contributed by atoms with Crippen molar-refractivity contribution in [1.29, 1.82) is 0 Å². The second-order valence-corrected chi connectivity index (χ2v) is 5.15. The highest BCUT2D eigenvalue weighted by molar-refractivity contribution is 5.80. The zero-order valence-electron chi connectivity index (χ0n) is 11.4. The molecule has 0 N–H and O–H groups in total. The Morgan fingerprint density at radius 3 is 2.41 bits per heavy atom. The average Bonchev–Trinajstić information content (AvgIpc) is 2.66. The Morgan fingerprint density at radius 1 is 1.18 bits per heavy atom. The minimum atomic E-state index is 0.377. The summed E-state index contributed by atoms with van der Waals surface area (Å²) in [6, 6.07) is 0. The van der Waals surface area contributed by atoms with E-state index >= 15 is 0 Å². The highest BCUT2D eigenvalue weighted by atomic mass is 15.1. The molecule has 2 aromatic heterocycles. The molecule has 2 aromatic rings. The molecule has 0 bridgehead atoms. The van der Waals surface area contributed by atoms with Crippen LogP contribution in [0.4, 0.5) is 0 Å². The molecule has 0 fully saturated rings. The van der Waals surface area contributed by atoms with Crippen molar-refractivity contribution in [2.24, 2.45) is 0 Å². The molecular formula is C14H21N3. The molecule has 2 heterocycles. The van der Waals surface area contributed by atoms with E-state index in [0.29, 0.717) is 11.8 Å². The SMILES string of the molecule is CCn1cc(C(C)C)c2cnc(C(C)C)nc21. The van der Waals surface area contributed by atoms with Crippen LogP contribution >= 0.6 is 0 Å². The molecule has 3 heteroatoms. The Balaban J connectivity index is 2.68. The molecule has 0 atom stereocenters. The summed E-state index contributed by atoms with van der Waals surface area (Å²) in [5.74, 6) is 1.82. The highest BCUT2D eigenvalue weighted by Gasteiger charge is 2.14. The van der Waals surface area contributed by atoms with Crippen LogP contribution < -0.4 is 0 Å². The topological polar surface area (TPSA) is 30.7 Å². The smallest absolute Gasteiger partial charge is 0.143 e. The summed E-state index contributed by atoms with van der Waals surface area (Å²) in [5.41, 5.74) is 2.42. The largest absolute Gasteiger partial charge is 0.332 e. The van der Waals surface area contributed by atoms with Crippen molar-refractivity contribution in [3.05, 3.63) is 23.8 Å². The predicted molar refractivity (Wildman–Crippen MR) is 71.4 cm³/mol. The standard InChI is InChI=1S/C14H21N3/c1-6-17-8-12(9(2)3)11-7-15-13(10(4)5)16-14(11)17/h7-10H,6H2,1-5H3. The zero-order chi connectivity index (χ0) is 12.6. The summed E-state index contributed by atoms with van der Waals surface area (Å²) in [6.45, 7) is 11.8. The van der Waals surface area contributed by atoms with Crippen molar-refractivity contribution in [3.8, 4) is 0 Å². The van der Waals surface area contributed by atoms with Crippen LogP contribution in [0.3, 0.4) is 0 Å². The third-order valence-electron chi connectivity index (χ3n) is 3.14. The molecule has 0 aromatic carbocycles. The maximum Gasteiger partial charge on any atom is 0.143 e. The molecule has 0 saturated carbocycles. The second-order valence-electron chi connectivity index (χ2n) is 5.15. The van der Waals surface area contributed by atoms with Crippen molar-refractivity contribution in [2.45, 2.75) is 53.0 Å². The van der Waals surface area contributed by atoms with E-state index in [-0.39, 0.29) is 0 Å². The fourth-order valence-electron chi connectivity index (χ4n) is 2.09. The number of nitrogens with zero attached hydrogens (tertiary/aromatic N) is 3. The van der Waals surface area contributed by atoms with Gasteiger partial charge in [0.25, 0.3) is 0 Å². The fraction of sp³-hybridized carbons (Fsp3) is 0.571. The van der Waals surface area contributed by atoms with Gasteiger partial charge in [0.15, 0.2) is 0 Å². The molecule has 0 unspecified atom stereocenters. The number of aryl methyl sites for hydroxylation is 1. The molecule has 0 saturated heterocycles. The van der Waals surface area contributed by atoms with Gasteiger partial charge in [0.2, 0.25) is 0 Å². The first-order valence-electron chi connectivity index (χ1n) is 6.40. The molecule has 0 spiro atoms. The number of fused-ring (bicyclic) bond motifs is 1. The van der Waals surface area contributed by atoms with Crippen LogP contribution in [0.25, 0.3) is 11.0 Å². The van der Waals surface area contributed by atoms with Crippen LogP contribution in [0.5, 0.6) is 0 Å². The van der Waals surface area contributed by atoms with Gasteiger partial charge in [-0.05, 0) is 18.4 Å². The van der Waals surface area contributed by atoms with Gasteiger partial charge >= 0.3 is 0 Å². The van der Waals surface area contributed by atoms with Crippen molar-refractivity contribution >= 4 is 11.0 Å². The van der Waals surface area contributed by atoms with Gasteiger partial charge in [-0.15, -0.1) is 0 Å². The van der Waals surface area contributed by atoms with Gasteiger partial charge in [-0.3, -0.25) is 0 Å². The molecule has 17 heavy (non-hydrogen) atoms. The normalized spacial score (nSPS) is 11.9. The number of rotatable bonds is 3. The van der Waals surface area contributed by atoms with E-state index in [1.165, 1.54) is 10.9 Å². The van der Waals surface area contributed by atoms with Crippen LogP contribution in [0.1, 0.15) is 57.8 Å². The van der Waals surface area contributed by atoms with Crippen molar-refractivity contribution in [2.75, 3.05) is 0 Å². The number of aromatic nitrogens is 3. The molecule has 92 valence electrons. The monoisotopic (exact) mass is 231 g/mol. The summed E-state index contributed by atoms with van der Waals surface area (Å²) in [6.07, 6.45) is 4.20. The Kier molecular flexibility index (Phi) is 3.18. The average molecular weight is 231 g/mol. The highest BCUT2D eigenvalue weighted by Crippen LogP contribution is 2.26. The predicted octanol–water partition coefficient (Wildman–Crippen LogP) is 3.70. The Hall–Kier alpha value is -1.38. The molecule has 0 aliphatic rings. The maximum atomic E-state index is 4.70. The van der Waals surface area contributed by atoms with E-state index < -0.39 is 0 Å². The van der Waals surface area contributed by atoms with E-state index in [1.807, 2.05) is 6.20 Å². The first kappa shape index (κ1) is 12.1. The Bertz CT molecular complexity index is 523. The van der Waals surface area contributed by atoms with E-state index in [2.05, 4.69) is 50.4 Å². The lowest BCUT2D eigenvalue weighted by molar-refractivity contribution is 0.748. The molecule has 0 amide bonds. The van der Waals surface area contributed by atoms with Crippen molar-refractivity contribution in [3.63, 3.8) is 0 Å². The summed E-state index contributed by atoms with van der Waals surface area (Å²) < 4.78 is 2.22. The molecule has 0 aliphatic heterocycles. The van der Waals surface area contributed by atoms with Gasteiger partial charge in [-0.1, -0.05) is 27.7 Å². The Morgan fingerprint density at radius 2 is 1.88 bits per heavy atom. The van der Waals surface area contributed by atoms with Crippen LogP contribution in [0, 0.1) is 0 Å². The van der Waals surface area contributed by atoms with Crippen LogP contribution in [0.15, 0.2) is 12.4 Å². The lowest BCUT2D eigenvalue weighted by atomic mass is 10.0. The number of hydrogen-bond donors (Lipinski definition) is 0. The van der Waals surface area contributed by atoms with E-state index in [0.717, 1.165) is 18.0 Å². The van der Waals surface area contributed by atoms with Gasteiger partial charge in [0.1, 0.15) is 11.5 Å². The quantitative estimate of drug-likeness (QED) is 0.806. The Labute approximate surface area is 103 Å². The molecule has 3 nitrogen and oxygen atoms in total. The van der Waals surface area contributed by atoms with Crippen LogP contribution in [-0.4, -0.2) is 14.5 Å². The van der Waals surface area contributed by atoms with Gasteiger partial charge in [0, 0.05) is 30.2 Å². The third kappa shape index (κ3) is 2.06. The molecular weight excluding hydrogens is 210 g/mol. The van der Waals surface area contributed by atoms with Crippen LogP contribution in [0.2, 0.25) is 0 Å². The van der Waals surface area contributed by atoms with Gasteiger partial charge in [0.05, 0.1) is 0 Å². The lowest BCUT2D eigenvalue weighted by Gasteiger charge is -2.05. The van der Waals surface area contributed by atoms with Crippen molar-refractivity contribution < 1.29 is 0 Å². The van der Waals surface area contributed by atoms with Crippen molar-refractivity contribution in [1.82, 2.24) is 14.5 Å². The lowest BCUT2D eigenvalue weighted by Crippen LogP contribution is -2.00. The molecule has 0 aliphatic carbocycles. The van der Waals surface area contributed by atoms with Gasteiger partial charge in [-0.25, -0.2) is 9.97 Å². The maximum absolute atomic E-state index is 4.70. The minimum Gasteiger partial charge on any atom is -0.332 e. The van der Waals surface area contributed by atoms with E-state index in [4.69, 9.17) is 4.98 Å². The number of hydrogen-bond acceptors (Lipinski definition) is 2. The first-order chi connectivity index (χ1) is 8.04. The third-order valence-corrected chi connectivity index (χ3v) is 3.14.